The van der Waals surface area contributed by atoms with E-state index in [9.17, 15) is 14.4 Å². The molecule has 0 spiro atoms. The molecule has 2 aliphatic heterocycles. The number of hydrazine groups is 1. The van der Waals surface area contributed by atoms with Crippen molar-refractivity contribution in [2.45, 2.75) is 63.7 Å². The fourth-order valence-electron chi connectivity index (χ4n) is 7.07. The van der Waals surface area contributed by atoms with Crippen molar-refractivity contribution in [3.8, 4) is 11.8 Å². The quantitative estimate of drug-likeness (QED) is 0.143. The van der Waals surface area contributed by atoms with Gasteiger partial charge in [-0.2, -0.15) is 5.01 Å². The second-order valence-electron chi connectivity index (χ2n) is 13.3. The number of carbonyl (C=O) groups is 3. The van der Waals surface area contributed by atoms with Crippen LogP contribution in [0.2, 0.25) is 0 Å². The molecule has 51 heavy (non-hydrogen) atoms. The standard InChI is InChI=1S/C40H43N7O3S/c1-3-5-22-42-39(50)45(23-4-2)46-27-35(48)47-32(37(49)44(26-34(46)47)25-30-10-9-13-33-36(30)43-38(41)51-33)24-29-16-14-28(15-17-29)18-19-40(20-21-40)31-11-7-6-8-12-31/h6-19,32,34H,3-5,22-27H2,1-2H3,(H2,41,43)(H,42,50)/b19-18-/t32-,34+/m0/s1. The molecule has 3 heterocycles. The summed E-state index contributed by atoms with van der Waals surface area (Å²) in [5.41, 5.74) is 10.4. The van der Waals surface area contributed by atoms with Gasteiger partial charge in [0.2, 0.25) is 11.8 Å². The number of nitrogen functional groups attached to an aromatic ring is 1. The number of piperazine rings is 1. The van der Waals surface area contributed by atoms with E-state index in [0.29, 0.717) is 31.2 Å². The maximum Gasteiger partial charge on any atom is 0.332 e. The molecule has 0 bridgehead atoms. The van der Waals surface area contributed by atoms with Gasteiger partial charge in [0.1, 0.15) is 17.6 Å². The maximum atomic E-state index is 14.4. The number of nitrogens with two attached hydrogens (primary N) is 1. The Morgan fingerprint density at radius 3 is 2.57 bits per heavy atom. The number of amides is 4. The van der Waals surface area contributed by atoms with E-state index in [0.717, 1.165) is 51.7 Å². The molecule has 1 aromatic heterocycles. The van der Waals surface area contributed by atoms with Crippen LogP contribution in [0, 0.1) is 11.8 Å². The molecule has 11 heteroatoms. The lowest BCUT2D eigenvalue weighted by Gasteiger charge is -2.46. The second kappa shape index (κ2) is 14.6. The number of benzene rings is 3. The molecule has 0 saturated carbocycles. The highest BCUT2D eigenvalue weighted by Gasteiger charge is 2.52. The molecule has 2 fully saturated rings. The Labute approximate surface area is 302 Å². The third-order valence-electron chi connectivity index (χ3n) is 9.79. The average Bonchev–Trinajstić information content (AvgIpc) is 3.73. The first kappa shape index (κ1) is 34.3. The van der Waals surface area contributed by atoms with Crippen molar-refractivity contribution < 1.29 is 14.4 Å². The van der Waals surface area contributed by atoms with Crippen LogP contribution >= 0.6 is 11.3 Å². The molecule has 3 aliphatic rings. The number of rotatable bonds is 13. The molecule has 10 nitrogen and oxygen atoms in total. The number of fused-ring (bicyclic) bond motifs is 2. The molecule has 3 aromatic carbocycles. The first-order chi connectivity index (χ1) is 24.8. The molecule has 1 aliphatic carbocycles. The maximum absolute atomic E-state index is 14.4. The summed E-state index contributed by atoms with van der Waals surface area (Å²) in [5, 5.41) is 7.03. The van der Waals surface area contributed by atoms with Gasteiger partial charge in [-0.1, -0.05) is 116 Å². The summed E-state index contributed by atoms with van der Waals surface area (Å²) in [5.74, 6) is 6.20. The van der Waals surface area contributed by atoms with E-state index in [1.165, 1.54) is 11.3 Å². The number of hydrogen-bond donors (Lipinski definition) is 2. The molecule has 0 unspecified atom stereocenters. The summed E-state index contributed by atoms with van der Waals surface area (Å²) in [6, 6.07) is 23.2. The third-order valence-corrected chi connectivity index (χ3v) is 10.6. The minimum absolute atomic E-state index is 0.0245. The Balaban J connectivity index is 1.16. The molecular formula is C40H43N7O3S. The number of anilines is 1. The minimum atomic E-state index is -0.741. The smallest absolute Gasteiger partial charge is 0.332 e. The van der Waals surface area contributed by atoms with Crippen LogP contribution in [-0.2, 0) is 28.0 Å². The van der Waals surface area contributed by atoms with Gasteiger partial charge in [0.05, 0.1) is 23.3 Å². The Morgan fingerprint density at radius 2 is 1.84 bits per heavy atom. The van der Waals surface area contributed by atoms with Gasteiger partial charge in [-0.15, -0.1) is 0 Å². The van der Waals surface area contributed by atoms with Crippen LogP contribution in [-0.4, -0.2) is 81.0 Å². The van der Waals surface area contributed by atoms with Crippen molar-refractivity contribution in [3.05, 3.63) is 101 Å². The van der Waals surface area contributed by atoms with Gasteiger partial charge in [0.15, 0.2) is 5.13 Å². The van der Waals surface area contributed by atoms with Crippen molar-refractivity contribution in [3.63, 3.8) is 0 Å². The Bertz CT molecular complexity index is 2010. The van der Waals surface area contributed by atoms with Gasteiger partial charge >= 0.3 is 6.03 Å². The lowest BCUT2D eigenvalue weighted by molar-refractivity contribution is -0.157. The van der Waals surface area contributed by atoms with E-state index >= 15 is 0 Å². The number of aromatic nitrogens is 1. The minimum Gasteiger partial charge on any atom is -0.375 e. The lowest BCUT2D eigenvalue weighted by Crippen LogP contribution is -2.66. The van der Waals surface area contributed by atoms with Crippen LogP contribution in [0.25, 0.3) is 16.3 Å². The number of hydrogen-bond acceptors (Lipinski definition) is 7. The van der Waals surface area contributed by atoms with Gasteiger partial charge in [-0.25, -0.2) is 9.78 Å². The molecule has 3 N–H and O–H groups in total. The van der Waals surface area contributed by atoms with Crippen LogP contribution in [0.4, 0.5) is 9.93 Å². The highest BCUT2D eigenvalue weighted by molar-refractivity contribution is 7.22. The van der Waals surface area contributed by atoms with E-state index in [-0.39, 0.29) is 36.3 Å². The van der Waals surface area contributed by atoms with Crippen molar-refractivity contribution in [1.82, 2.24) is 30.1 Å². The lowest BCUT2D eigenvalue weighted by atomic mass is 9.91. The van der Waals surface area contributed by atoms with Crippen LogP contribution in [0.5, 0.6) is 0 Å². The molecule has 262 valence electrons. The highest BCUT2D eigenvalue weighted by atomic mass is 32.1. The van der Waals surface area contributed by atoms with E-state index in [2.05, 4.69) is 53.4 Å². The molecular weight excluding hydrogens is 659 g/mol. The van der Waals surface area contributed by atoms with E-state index < -0.39 is 12.2 Å². The summed E-state index contributed by atoms with van der Waals surface area (Å²) < 4.78 is 0.959. The topological polar surface area (TPSA) is 115 Å². The number of thiazole rings is 1. The van der Waals surface area contributed by atoms with Crippen molar-refractivity contribution >= 4 is 50.6 Å². The Kier molecular flexibility index (Phi) is 9.80. The molecule has 4 aromatic rings. The largest absolute Gasteiger partial charge is 0.375 e. The van der Waals surface area contributed by atoms with Crippen molar-refractivity contribution in [2.75, 3.05) is 31.9 Å². The number of carbonyl (C=O) groups excluding carboxylic acids is 3. The van der Waals surface area contributed by atoms with Crippen LogP contribution in [0.15, 0.2) is 78.9 Å². The summed E-state index contributed by atoms with van der Waals surface area (Å²) in [4.78, 5) is 49.9. The van der Waals surface area contributed by atoms with Gasteiger partial charge in [-0.3, -0.25) is 14.6 Å². The summed E-state index contributed by atoms with van der Waals surface area (Å²) >= 11 is 1.42. The zero-order valence-electron chi connectivity index (χ0n) is 29.0. The van der Waals surface area contributed by atoms with E-state index in [1.807, 2.05) is 77.5 Å². The molecule has 4 amide bonds. The highest BCUT2D eigenvalue weighted by Crippen LogP contribution is 2.34. The summed E-state index contributed by atoms with van der Waals surface area (Å²) in [7, 11) is 0. The summed E-state index contributed by atoms with van der Waals surface area (Å²) in [6.07, 6.45) is 6.55. The van der Waals surface area contributed by atoms with Gasteiger partial charge in [-0.05, 0) is 47.2 Å². The SMILES string of the molecule is CCCCNC(=O)N(CCC)N1CC(=O)N2[C@@H](Cc3ccc(/C=C\C4(c5ccccc5)C#C4)cc3)C(=O)N(Cc3cccc4sc(N)nc34)C[C@@H]21. The first-order valence-corrected chi connectivity index (χ1v) is 18.6. The Hall–Kier alpha value is -5.18. The number of allylic oxidation sites excluding steroid dienone is 1. The second-order valence-corrected chi connectivity index (χ2v) is 14.4. The number of nitrogens with zero attached hydrogens (tertiary/aromatic N) is 5. The molecule has 0 radical (unpaired) electrons. The van der Waals surface area contributed by atoms with Gasteiger partial charge in [0, 0.05) is 26.1 Å². The predicted molar refractivity (Wildman–Crippen MR) is 201 cm³/mol. The summed E-state index contributed by atoms with van der Waals surface area (Å²) in [6.45, 7) is 5.70. The number of para-hydroxylation sites is 1. The molecule has 2 atom stereocenters. The van der Waals surface area contributed by atoms with Crippen LogP contribution in [0.3, 0.4) is 0 Å². The third kappa shape index (κ3) is 7.07. The average molecular weight is 702 g/mol. The number of nitrogens with one attached hydrogen (secondary N) is 1. The van der Waals surface area contributed by atoms with E-state index in [4.69, 9.17) is 5.73 Å². The number of unbranched alkanes of at least 4 members (excludes halogenated alkanes) is 1. The monoisotopic (exact) mass is 701 g/mol. The predicted octanol–water partition coefficient (Wildman–Crippen LogP) is 5.41. The number of urea groups is 1. The van der Waals surface area contributed by atoms with E-state index in [1.54, 1.807) is 9.91 Å². The fraction of sp³-hybridized carbons (Fsp3) is 0.350. The molecule has 2 saturated heterocycles. The van der Waals surface area contributed by atoms with Crippen LogP contribution in [0.1, 0.15) is 55.4 Å². The van der Waals surface area contributed by atoms with Crippen LogP contribution < -0.4 is 11.1 Å². The van der Waals surface area contributed by atoms with Gasteiger partial charge in [0.25, 0.3) is 0 Å². The van der Waals surface area contributed by atoms with Crippen molar-refractivity contribution in [2.24, 2.45) is 0 Å². The van der Waals surface area contributed by atoms with Gasteiger partial charge < -0.3 is 20.9 Å². The van der Waals surface area contributed by atoms with Crippen molar-refractivity contribution in [1.29, 1.82) is 0 Å². The zero-order valence-corrected chi connectivity index (χ0v) is 29.9. The Morgan fingerprint density at radius 1 is 1.06 bits per heavy atom. The fourth-order valence-corrected chi connectivity index (χ4v) is 7.85. The molecule has 7 rings (SSSR count). The normalized spacial score (nSPS) is 19.3. The first-order valence-electron chi connectivity index (χ1n) is 17.7. The zero-order chi connectivity index (χ0) is 35.5.